The highest BCUT2D eigenvalue weighted by atomic mass is 19.4. The van der Waals surface area contributed by atoms with Gasteiger partial charge in [-0.05, 0) is 32.8 Å². The summed E-state index contributed by atoms with van der Waals surface area (Å²) in [7, 11) is 0. The Morgan fingerprint density at radius 3 is 2.30 bits per heavy atom. The standard InChI is InChI=1S/C19H21F5N2O4/c1-8(5-13(28)29)9(2)25-12(27)7-26-16-11(20)6-10(19(22,23)24)15(21)14(16)18(3,4)17(26)30/h6,8-9H,5,7H2,1-4H3,(H,25,27)(H,28,29)/t8-,9?/m0/s1. The lowest BCUT2D eigenvalue weighted by Crippen LogP contribution is -2.46. The molecule has 166 valence electrons. The number of rotatable bonds is 6. The molecule has 1 heterocycles. The molecule has 2 amide bonds. The van der Waals surface area contributed by atoms with Crippen LogP contribution in [0.5, 0.6) is 0 Å². The minimum atomic E-state index is -5.17. The SMILES string of the molecule is CC(NC(=O)CN1C(=O)C(C)(C)c2c(F)c(C(F)(F)F)cc(F)c21)[C@@H](C)CC(=O)O. The second-order valence-corrected chi connectivity index (χ2v) is 7.89. The molecule has 0 radical (unpaired) electrons. The van der Waals surface area contributed by atoms with Gasteiger partial charge < -0.3 is 10.4 Å². The van der Waals surface area contributed by atoms with Gasteiger partial charge in [-0.1, -0.05) is 6.92 Å². The number of carboxylic acids is 1. The number of carbonyl (C=O) groups is 3. The molecule has 11 heteroatoms. The van der Waals surface area contributed by atoms with E-state index in [1.165, 1.54) is 6.92 Å². The molecule has 2 atom stereocenters. The van der Waals surface area contributed by atoms with Crippen molar-refractivity contribution in [3.8, 4) is 0 Å². The Hall–Kier alpha value is -2.72. The van der Waals surface area contributed by atoms with E-state index in [1.807, 2.05) is 0 Å². The number of halogens is 5. The third kappa shape index (κ3) is 4.24. The van der Waals surface area contributed by atoms with Gasteiger partial charge in [-0.3, -0.25) is 19.3 Å². The molecule has 0 saturated heterocycles. The maximum atomic E-state index is 14.6. The highest BCUT2D eigenvalue weighted by Crippen LogP contribution is 2.47. The molecule has 1 aliphatic heterocycles. The first-order valence-corrected chi connectivity index (χ1v) is 9.01. The summed E-state index contributed by atoms with van der Waals surface area (Å²) in [5.74, 6) is -6.51. The van der Waals surface area contributed by atoms with E-state index in [0.29, 0.717) is 4.90 Å². The molecule has 1 aliphatic rings. The molecule has 0 bridgehead atoms. The molecule has 2 rings (SSSR count). The van der Waals surface area contributed by atoms with Crippen LogP contribution in [0.25, 0.3) is 0 Å². The first-order chi connectivity index (χ1) is 13.6. The summed E-state index contributed by atoms with van der Waals surface area (Å²) in [6, 6.07) is -0.654. The Balaban J connectivity index is 2.37. The van der Waals surface area contributed by atoms with Crippen LogP contribution in [0.3, 0.4) is 0 Å². The van der Waals surface area contributed by atoms with E-state index in [2.05, 4.69) is 5.32 Å². The van der Waals surface area contributed by atoms with Crippen LogP contribution in [0, 0.1) is 17.6 Å². The van der Waals surface area contributed by atoms with Crippen LogP contribution in [0.1, 0.15) is 45.2 Å². The summed E-state index contributed by atoms with van der Waals surface area (Å²) >= 11 is 0. The predicted molar refractivity (Wildman–Crippen MR) is 95.8 cm³/mol. The number of amides is 2. The van der Waals surface area contributed by atoms with Crippen molar-refractivity contribution in [2.45, 2.75) is 51.7 Å². The molecule has 1 aromatic rings. The zero-order valence-corrected chi connectivity index (χ0v) is 16.7. The van der Waals surface area contributed by atoms with Crippen LogP contribution in [-0.4, -0.2) is 35.5 Å². The van der Waals surface area contributed by atoms with Gasteiger partial charge in [-0.15, -0.1) is 0 Å². The van der Waals surface area contributed by atoms with E-state index in [4.69, 9.17) is 5.11 Å². The monoisotopic (exact) mass is 436 g/mol. The van der Waals surface area contributed by atoms with Crippen molar-refractivity contribution in [1.29, 1.82) is 0 Å². The molecule has 1 aromatic carbocycles. The number of nitrogens with zero attached hydrogens (tertiary/aromatic N) is 1. The van der Waals surface area contributed by atoms with Gasteiger partial charge in [0.25, 0.3) is 0 Å². The topological polar surface area (TPSA) is 86.7 Å². The number of hydrogen-bond acceptors (Lipinski definition) is 3. The summed E-state index contributed by atoms with van der Waals surface area (Å²) in [6.07, 6.45) is -5.40. The zero-order valence-electron chi connectivity index (χ0n) is 16.7. The Morgan fingerprint density at radius 2 is 1.80 bits per heavy atom. The van der Waals surface area contributed by atoms with E-state index < -0.39 is 76.3 Å². The molecule has 2 N–H and O–H groups in total. The fourth-order valence-corrected chi connectivity index (χ4v) is 3.39. The molecular weight excluding hydrogens is 415 g/mol. The van der Waals surface area contributed by atoms with Crippen LogP contribution in [-0.2, 0) is 26.0 Å². The van der Waals surface area contributed by atoms with Gasteiger partial charge in [0.15, 0.2) is 0 Å². The molecule has 30 heavy (non-hydrogen) atoms. The number of carboxylic acid groups (broad SMARTS) is 1. The lowest BCUT2D eigenvalue weighted by Gasteiger charge is -2.23. The zero-order chi connectivity index (χ0) is 23.2. The van der Waals surface area contributed by atoms with E-state index in [-0.39, 0.29) is 12.5 Å². The van der Waals surface area contributed by atoms with Gasteiger partial charge in [0.2, 0.25) is 11.8 Å². The van der Waals surface area contributed by atoms with Crippen molar-refractivity contribution in [3.63, 3.8) is 0 Å². The lowest BCUT2D eigenvalue weighted by molar-refractivity contribution is -0.140. The highest BCUT2D eigenvalue weighted by molar-refractivity contribution is 6.10. The maximum absolute atomic E-state index is 14.6. The van der Waals surface area contributed by atoms with Gasteiger partial charge >= 0.3 is 12.1 Å². The third-order valence-corrected chi connectivity index (χ3v) is 5.21. The van der Waals surface area contributed by atoms with Gasteiger partial charge in [0.05, 0.1) is 16.7 Å². The average Bonchev–Trinajstić information content (AvgIpc) is 2.77. The minimum absolute atomic E-state index is 0.0364. The number of nitrogens with one attached hydrogen (secondary N) is 1. The molecule has 0 spiro atoms. The Bertz CT molecular complexity index is 898. The summed E-state index contributed by atoms with van der Waals surface area (Å²) in [6.45, 7) is 4.64. The van der Waals surface area contributed by atoms with Crippen LogP contribution in [0.2, 0.25) is 0 Å². The maximum Gasteiger partial charge on any atom is 0.419 e. The van der Waals surface area contributed by atoms with E-state index >= 15 is 0 Å². The van der Waals surface area contributed by atoms with Crippen molar-refractivity contribution in [3.05, 3.63) is 28.8 Å². The number of aliphatic carboxylic acids is 1. The third-order valence-electron chi connectivity index (χ3n) is 5.21. The Morgan fingerprint density at radius 1 is 1.23 bits per heavy atom. The first-order valence-electron chi connectivity index (χ1n) is 9.01. The largest absolute Gasteiger partial charge is 0.481 e. The Kier molecular flexibility index (Phi) is 6.16. The lowest BCUT2D eigenvalue weighted by atomic mass is 9.84. The average molecular weight is 436 g/mol. The van der Waals surface area contributed by atoms with E-state index in [9.17, 15) is 36.3 Å². The van der Waals surface area contributed by atoms with Gasteiger partial charge in [0.1, 0.15) is 18.2 Å². The number of alkyl halides is 3. The van der Waals surface area contributed by atoms with Crippen molar-refractivity contribution < 1.29 is 41.4 Å². The predicted octanol–water partition coefficient (Wildman–Crippen LogP) is 3.22. The van der Waals surface area contributed by atoms with Crippen LogP contribution < -0.4 is 10.2 Å². The van der Waals surface area contributed by atoms with E-state index in [1.54, 1.807) is 6.92 Å². The van der Waals surface area contributed by atoms with E-state index in [0.717, 1.165) is 13.8 Å². The van der Waals surface area contributed by atoms with Crippen molar-refractivity contribution in [2.75, 3.05) is 11.4 Å². The molecule has 1 unspecified atom stereocenters. The summed E-state index contributed by atoms with van der Waals surface area (Å²) in [5, 5.41) is 11.3. The highest BCUT2D eigenvalue weighted by Gasteiger charge is 2.51. The van der Waals surface area contributed by atoms with Crippen molar-refractivity contribution in [1.82, 2.24) is 5.32 Å². The molecule has 0 saturated carbocycles. The number of carbonyl (C=O) groups excluding carboxylic acids is 2. The van der Waals surface area contributed by atoms with Gasteiger partial charge in [-0.25, -0.2) is 8.78 Å². The molecule has 0 aromatic heterocycles. The molecule has 6 nitrogen and oxygen atoms in total. The fraction of sp³-hybridized carbons (Fsp3) is 0.526. The summed E-state index contributed by atoms with van der Waals surface area (Å²) in [4.78, 5) is 36.4. The molecule has 0 aliphatic carbocycles. The first kappa shape index (κ1) is 23.6. The summed E-state index contributed by atoms with van der Waals surface area (Å²) in [5.41, 5.74) is -5.14. The van der Waals surface area contributed by atoms with Gasteiger partial charge in [-0.2, -0.15) is 13.2 Å². The summed E-state index contributed by atoms with van der Waals surface area (Å²) < 4.78 is 68.4. The van der Waals surface area contributed by atoms with Crippen molar-refractivity contribution in [2.24, 2.45) is 5.92 Å². The number of fused-ring (bicyclic) bond motifs is 1. The fourth-order valence-electron chi connectivity index (χ4n) is 3.39. The normalized spacial score (nSPS) is 17.5. The smallest absolute Gasteiger partial charge is 0.419 e. The second-order valence-electron chi connectivity index (χ2n) is 7.89. The quantitative estimate of drug-likeness (QED) is 0.671. The minimum Gasteiger partial charge on any atom is -0.481 e. The van der Waals surface area contributed by atoms with Crippen molar-refractivity contribution >= 4 is 23.5 Å². The number of hydrogen-bond donors (Lipinski definition) is 2. The molecular formula is C19H21F5N2O4. The molecule has 0 fully saturated rings. The number of anilines is 1. The van der Waals surface area contributed by atoms with Crippen LogP contribution in [0.4, 0.5) is 27.6 Å². The number of benzene rings is 1. The van der Waals surface area contributed by atoms with Crippen LogP contribution in [0.15, 0.2) is 6.07 Å². The van der Waals surface area contributed by atoms with Crippen LogP contribution >= 0.6 is 0 Å². The van der Waals surface area contributed by atoms with Gasteiger partial charge in [0, 0.05) is 18.0 Å². The Labute approximate surface area is 169 Å². The second kappa shape index (κ2) is 7.84.